The Labute approximate surface area is 152 Å². The van der Waals surface area contributed by atoms with E-state index in [9.17, 15) is 4.39 Å². The molecule has 0 atom stereocenters. The molecule has 0 aliphatic heterocycles. The van der Waals surface area contributed by atoms with Crippen LogP contribution in [0.1, 0.15) is 24.7 Å². The molecule has 2 aromatic rings. The molecule has 0 bridgehead atoms. The van der Waals surface area contributed by atoms with Crippen molar-refractivity contribution in [3.63, 3.8) is 0 Å². The van der Waals surface area contributed by atoms with Gasteiger partial charge in [0.1, 0.15) is 23.7 Å². The van der Waals surface area contributed by atoms with Crippen LogP contribution in [0.4, 0.5) is 4.39 Å². The van der Waals surface area contributed by atoms with Crippen molar-refractivity contribution >= 4 is 40.9 Å². The number of furan rings is 1. The molecule has 3 N–H and O–H groups in total. The Bertz CT molecular complexity index is 658. The van der Waals surface area contributed by atoms with Crippen LogP contribution in [-0.4, -0.2) is 25.7 Å². The molecular formula is C16H23FIN3O2. The summed E-state index contributed by atoms with van der Waals surface area (Å²) in [4.78, 5) is 4.25. The second kappa shape index (κ2) is 9.71. The van der Waals surface area contributed by atoms with Crippen molar-refractivity contribution in [1.82, 2.24) is 5.32 Å². The number of aliphatic imine (C=N–C) groups is 1. The van der Waals surface area contributed by atoms with Crippen molar-refractivity contribution in [2.45, 2.75) is 26.8 Å². The summed E-state index contributed by atoms with van der Waals surface area (Å²) in [5.74, 6) is 0.782. The lowest BCUT2D eigenvalue weighted by Gasteiger charge is -2.05. The van der Waals surface area contributed by atoms with Gasteiger partial charge in [-0.05, 0) is 38.5 Å². The molecule has 0 saturated heterocycles. The first-order chi connectivity index (χ1) is 10.6. The van der Waals surface area contributed by atoms with Gasteiger partial charge in [-0.3, -0.25) is 0 Å². The lowest BCUT2D eigenvalue weighted by molar-refractivity contribution is 0.145. The molecule has 0 aliphatic carbocycles. The summed E-state index contributed by atoms with van der Waals surface area (Å²) in [5, 5.41) is 3.79. The highest BCUT2D eigenvalue weighted by atomic mass is 127. The average Bonchev–Trinajstić information content (AvgIpc) is 2.81. The number of hydrogen-bond donors (Lipinski definition) is 2. The van der Waals surface area contributed by atoms with Gasteiger partial charge in [0.25, 0.3) is 0 Å². The Balaban J connectivity index is 0.00000264. The molecule has 0 saturated carbocycles. The SMILES string of the molecule is CCOCCCNC(N)=NCc1oc2ccc(F)cc2c1C.I. The Kier molecular flexibility index (Phi) is 8.32. The van der Waals surface area contributed by atoms with Gasteiger partial charge < -0.3 is 20.2 Å². The van der Waals surface area contributed by atoms with E-state index in [1.54, 1.807) is 6.07 Å². The predicted octanol–water partition coefficient (Wildman–Crippen LogP) is 3.33. The van der Waals surface area contributed by atoms with Gasteiger partial charge in [0.15, 0.2) is 5.96 Å². The van der Waals surface area contributed by atoms with Crippen LogP contribution in [0, 0.1) is 12.7 Å². The molecule has 0 amide bonds. The first kappa shape index (κ1) is 19.7. The van der Waals surface area contributed by atoms with Crippen molar-refractivity contribution in [3.8, 4) is 0 Å². The molecule has 0 aliphatic rings. The van der Waals surface area contributed by atoms with E-state index in [2.05, 4.69) is 10.3 Å². The Hall–Kier alpha value is -1.35. The standard InChI is InChI=1S/C16H22FN3O2.HI/c1-3-21-8-4-7-19-16(18)20-10-15-11(2)13-9-12(17)5-6-14(13)22-15;/h5-6,9H,3-4,7-8,10H2,1-2H3,(H3,18,19,20);1H. The summed E-state index contributed by atoms with van der Waals surface area (Å²) in [6, 6.07) is 4.48. The molecule has 7 heteroatoms. The van der Waals surface area contributed by atoms with E-state index in [1.807, 2.05) is 13.8 Å². The van der Waals surface area contributed by atoms with E-state index in [0.717, 1.165) is 24.0 Å². The Morgan fingerprint density at radius 1 is 1.43 bits per heavy atom. The number of guanidine groups is 1. The number of nitrogens with two attached hydrogens (primary N) is 1. The third-order valence-electron chi connectivity index (χ3n) is 3.37. The zero-order chi connectivity index (χ0) is 15.9. The van der Waals surface area contributed by atoms with E-state index in [0.29, 0.717) is 37.0 Å². The topological polar surface area (TPSA) is 72.8 Å². The minimum Gasteiger partial charge on any atom is -0.459 e. The van der Waals surface area contributed by atoms with Crippen molar-refractivity contribution < 1.29 is 13.5 Å². The fourth-order valence-electron chi connectivity index (χ4n) is 2.14. The molecular weight excluding hydrogens is 412 g/mol. The van der Waals surface area contributed by atoms with Gasteiger partial charge in [0.05, 0.1) is 0 Å². The fourth-order valence-corrected chi connectivity index (χ4v) is 2.14. The van der Waals surface area contributed by atoms with E-state index >= 15 is 0 Å². The smallest absolute Gasteiger partial charge is 0.189 e. The number of nitrogens with one attached hydrogen (secondary N) is 1. The number of rotatable bonds is 7. The largest absolute Gasteiger partial charge is 0.459 e. The highest BCUT2D eigenvalue weighted by Gasteiger charge is 2.10. The third kappa shape index (κ3) is 5.65. The van der Waals surface area contributed by atoms with Crippen LogP contribution in [0.2, 0.25) is 0 Å². The summed E-state index contributed by atoms with van der Waals surface area (Å²) < 4.78 is 24.2. The molecule has 23 heavy (non-hydrogen) atoms. The van der Waals surface area contributed by atoms with Crippen LogP contribution in [0.25, 0.3) is 11.0 Å². The van der Waals surface area contributed by atoms with E-state index in [1.165, 1.54) is 12.1 Å². The molecule has 1 aromatic carbocycles. The second-order valence-electron chi connectivity index (χ2n) is 4.97. The van der Waals surface area contributed by atoms with Crippen LogP contribution >= 0.6 is 24.0 Å². The lowest BCUT2D eigenvalue weighted by atomic mass is 10.1. The zero-order valence-corrected chi connectivity index (χ0v) is 15.7. The van der Waals surface area contributed by atoms with Crippen molar-refractivity contribution in [2.24, 2.45) is 10.7 Å². The molecule has 0 spiro atoms. The molecule has 5 nitrogen and oxygen atoms in total. The van der Waals surface area contributed by atoms with E-state index < -0.39 is 0 Å². The number of halogens is 2. The van der Waals surface area contributed by atoms with Gasteiger partial charge in [-0.1, -0.05) is 0 Å². The summed E-state index contributed by atoms with van der Waals surface area (Å²) in [6.45, 7) is 6.30. The van der Waals surface area contributed by atoms with Crippen LogP contribution < -0.4 is 11.1 Å². The predicted molar refractivity (Wildman–Crippen MR) is 101 cm³/mol. The summed E-state index contributed by atoms with van der Waals surface area (Å²) in [5.41, 5.74) is 7.35. The van der Waals surface area contributed by atoms with Gasteiger partial charge >= 0.3 is 0 Å². The number of fused-ring (bicyclic) bond motifs is 1. The zero-order valence-electron chi connectivity index (χ0n) is 13.4. The summed E-state index contributed by atoms with van der Waals surface area (Å²) >= 11 is 0. The maximum absolute atomic E-state index is 13.3. The van der Waals surface area contributed by atoms with Crippen molar-refractivity contribution in [2.75, 3.05) is 19.8 Å². The van der Waals surface area contributed by atoms with Crippen LogP contribution in [0.5, 0.6) is 0 Å². The van der Waals surface area contributed by atoms with Crippen LogP contribution in [-0.2, 0) is 11.3 Å². The molecule has 0 fully saturated rings. The summed E-state index contributed by atoms with van der Waals surface area (Å²) in [7, 11) is 0. The normalized spacial score (nSPS) is 11.5. The minimum absolute atomic E-state index is 0. The monoisotopic (exact) mass is 435 g/mol. The minimum atomic E-state index is -0.276. The quantitative estimate of drug-likeness (QED) is 0.303. The van der Waals surface area contributed by atoms with Gasteiger partial charge in [-0.15, -0.1) is 24.0 Å². The first-order valence-electron chi connectivity index (χ1n) is 7.41. The van der Waals surface area contributed by atoms with Gasteiger partial charge in [-0.2, -0.15) is 0 Å². The average molecular weight is 435 g/mol. The molecule has 128 valence electrons. The molecule has 0 unspecified atom stereocenters. The van der Waals surface area contributed by atoms with E-state index in [4.69, 9.17) is 14.9 Å². The number of benzene rings is 1. The summed E-state index contributed by atoms with van der Waals surface area (Å²) in [6.07, 6.45) is 0.868. The van der Waals surface area contributed by atoms with Crippen LogP contribution in [0.15, 0.2) is 27.6 Å². The molecule has 0 radical (unpaired) electrons. The lowest BCUT2D eigenvalue weighted by Crippen LogP contribution is -2.32. The number of ether oxygens (including phenoxy) is 1. The van der Waals surface area contributed by atoms with Crippen molar-refractivity contribution in [1.29, 1.82) is 0 Å². The number of hydrogen-bond acceptors (Lipinski definition) is 3. The van der Waals surface area contributed by atoms with Gasteiger partial charge in [-0.25, -0.2) is 9.38 Å². The van der Waals surface area contributed by atoms with Crippen molar-refractivity contribution in [3.05, 3.63) is 35.3 Å². The molecule has 1 heterocycles. The van der Waals surface area contributed by atoms with Gasteiger partial charge in [0, 0.05) is 30.7 Å². The maximum atomic E-state index is 13.3. The molecule has 2 rings (SSSR count). The number of aryl methyl sites for hydroxylation is 1. The maximum Gasteiger partial charge on any atom is 0.189 e. The van der Waals surface area contributed by atoms with Crippen LogP contribution in [0.3, 0.4) is 0 Å². The Morgan fingerprint density at radius 2 is 2.22 bits per heavy atom. The fraction of sp³-hybridized carbons (Fsp3) is 0.438. The number of nitrogens with zero attached hydrogens (tertiary/aromatic N) is 1. The third-order valence-corrected chi connectivity index (χ3v) is 3.37. The Morgan fingerprint density at radius 3 is 2.96 bits per heavy atom. The second-order valence-corrected chi connectivity index (χ2v) is 4.97. The first-order valence-corrected chi connectivity index (χ1v) is 7.41. The highest BCUT2D eigenvalue weighted by molar-refractivity contribution is 14.0. The van der Waals surface area contributed by atoms with E-state index in [-0.39, 0.29) is 29.8 Å². The molecule has 1 aromatic heterocycles. The van der Waals surface area contributed by atoms with Gasteiger partial charge in [0.2, 0.25) is 0 Å². The highest BCUT2D eigenvalue weighted by Crippen LogP contribution is 2.26.